The highest BCUT2D eigenvalue weighted by Gasteiger charge is 2.26. The van der Waals surface area contributed by atoms with Gasteiger partial charge < -0.3 is 14.3 Å². The lowest BCUT2D eigenvalue weighted by Crippen LogP contribution is -2.29. The molecule has 0 unspecified atom stereocenters. The van der Waals surface area contributed by atoms with Gasteiger partial charge in [-0.1, -0.05) is 43.2 Å². The van der Waals surface area contributed by atoms with Gasteiger partial charge in [0, 0.05) is 19.7 Å². The van der Waals surface area contributed by atoms with E-state index >= 15 is 0 Å². The lowest BCUT2D eigenvalue weighted by molar-refractivity contribution is -0.117. The quantitative estimate of drug-likeness (QED) is 0.439. The van der Waals surface area contributed by atoms with E-state index < -0.39 is 16.1 Å². The Balaban J connectivity index is 1.79. The average Bonchev–Trinajstić information content (AvgIpc) is 3.35. The first-order valence-electron chi connectivity index (χ1n) is 10.4. The first-order valence-corrected chi connectivity index (χ1v) is 11.9. The zero-order chi connectivity index (χ0) is 22.4. The third kappa shape index (κ3) is 6.11. The van der Waals surface area contributed by atoms with Crippen LogP contribution in [0, 0.1) is 6.92 Å². The van der Waals surface area contributed by atoms with Crippen LogP contribution in [0.4, 0.5) is 0 Å². The first-order chi connectivity index (χ1) is 14.8. The predicted molar refractivity (Wildman–Crippen MR) is 119 cm³/mol. The Morgan fingerprint density at radius 3 is 2.58 bits per heavy atom. The molecule has 0 aliphatic heterocycles. The molecule has 31 heavy (non-hydrogen) atoms. The fourth-order valence-electron chi connectivity index (χ4n) is 3.33. The molecule has 1 aromatic carbocycles. The number of carbonyl (C=O) groups is 1. The minimum absolute atomic E-state index is 0.0103. The van der Waals surface area contributed by atoms with Crippen LogP contribution in [-0.2, 0) is 21.9 Å². The standard InChI is InChI=1S/C22H29N5O3S/c1-16(28)10-6-4-9-13-19(26-31(29,30)21-15-27(3)17(2)24-21)22-23-14-20(25-22)18-11-7-5-8-12-18/h5,7-8,11-12,14-15,19,26H,4,6,9-10,13H2,1-3H3,(H,23,25)/t19-/m0/s1. The van der Waals surface area contributed by atoms with Crippen LogP contribution in [0.1, 0.15) is 56.7 Å². The lowest BCUT2D eigenvalue weighted by Gasteiger charge is -2.16. The van der Waals surface area contributed by atoms with Crippen LogP contribution in [0.2, 0.25) is 0 Å². The number of rotatable bonds is 11. The van der Waals surface area contributed by atoms with Crippen molar-refractivity contribution in [1.82, 2.24) is 24.2 Å². The van der Waals surface area contributed by atoms with E-state index in [2.05, 4.69) is 19.7 Å². The molecule has 0 aliphatic carbocycles. The average molecular weight is 444 g/mol. The number of unbranched alkanes of at least 4 members (excludes halogenated alkanes) is 2. The molecule has 0 bridgehead atoms. The van der Waals surface area contributed by atoms with Gasteiger partial charge in [-0.25, -0.2) is 18.4 Å². The summed E-state index contributed by atoms with van der Waals surface area (Å²) < 4.78 is 30.4. The molecule has 2 aromatic heterocycles. The Morgan fingerprint density at radius 2 is 1.94 bits per heavy atom. The second-order valence-electron chi connectivity index (χ2n) is 7.76. The van der Waals surface area contributed by atoms with Crippen molar-refractivity contribution < 1.29 is 13.2 Å². The molecule has 0 spiro atoms. The van der Waals surface area contributed by atoms with E-state index in [-0.39, 0.29) is 10.8 Å². The number of carbonyl (C=O) groups excluding carboxylic acids is 1. The van der Waals surface area contributed by atoms with Crippen LogP contribution in [0.15, 0.2) is 47.8 Å². The molecule has 0 aliphatic rings. The zero-order valence-corrected chi connectivity index (χ0v) is 18.9. The van der Waals surface area contributed by atoms with Crippen LogP contribution in [0.5, 0.6) is 0 Å². The van der Waals surface area contributed by atoms with Crippen LogP contribution < -0.4 is 4.72 Å². The van der Waals surface area contributed by atoms with Gasteiger partial charge in [-0.2, -0.15) is 4.72 Å². The molecule has 3 rings (SSSR count). The van der Waals surface area contributed by atoms with Crippen molar-refractivity contribution in [2.75, 3.05) is 0 Å². The van der Waals surface area contributed by atoms with Gasteiger partial charge in [-0.15, -0.1) is 0 Å². The summed E-state index contributed by atoms with van der Waals surface area (Å²) in [7, 11) is -2.06. The fourth-order valence-corrected chi connectivity index (χ4v) is 4.61. The van der Waals surface area contributed by atoms with Gasteiger partial charge in [0.05, 0.1) is 17.9 Å². The second-order valence-corrected chi connectivity index (χ2v) is 9.42. The van der Waals surface area contributed by atoms with Gasteiger partial charge in [0.25, 0.3) is 10.0 Å². The number of hydrogen-bond acceptors (Lipinski definition) is 5. The van der Waals surface area contributed by atoms with Crippen molar-refractivity contribution in [3.05, 3.63) is 54.4 Å². The Hall–Kier alpha value is -2.78. The summed E-state index contributed by atoms with van der Waals surface area (Å²) in [4.78, 5) is 23.0. The summed E-state index contributed by atoms with van der Waals surface area (Å²) in [6.45, 7) is 3.34. The number of aromatic amines is 1. The molecule has 8 nitrogen and oxygen atoms in total. The summed E-state index contributed by atoms with van der Waals surface area (Å²) in [5.74, 6) is 1.34. The van der Waals surface area contributed by atoms with Gasteiger partial charge in [0.15, 0.2) is 5.03 Å². The van der Waals surface area contributed by atoms with Crippen LogP contribution in [0.25, 0.3) is 11.3 Å². The highest BCUT2D eigenvalue weighted by atomic mass is 32.2. The number of nitrogens with one attached hydrogen (secondary N) is 2. The van der Waals surface area contributed by atoms with Gasteiger partial charge in [-0.3, -0.25) is 0 Å². The predicted octanol–water partition coefficient (Wildman–Crippen LogP) is 3.68. The number of ketones is 1. The summed E-state index contributed by atoms with van der Waals surface area (Å²) in [6.07, 6.45) is 6.72. The van der Waals surface area contributed by atoms with Crippen molar-refractivity contribution in [2.24, 2.45) is 7.05 Å². The van der Waals surface area contributed by atoms with Gasteiger partial charge >= 0.3 is 0 Å². The first kappa shape index (κ1) is 22.9. The number of aryl methyl sites for hydroxylation is 2. The molecule has 3 aromatic rings. The monoisotopic (exact) mass is 443 g/mol. The summed E-state index contributed by atoms with van der Waals surface area (Å²) in [5.41, 5.74) is 1.80. The maximum Gasteiger partial charge on any atom is 0.260 e. The van der Waals surface area contributed by atoms with E-state index in [9.17, 15) is 13.2 Å². The molecule has 2 N–H and O–H groups in total. The summed E-state index contributed by atoms with van der Waals surface area (Å²) >= 11 is 0. The second kappa shape index (κ2) is 10.0. The Labute approximate surface area is 183 Å². The molecular formula is C22H29N5O3S. The van der Waals surface area contributed by atoms with E-state index in [0.29, 0.717) is 24.5 Å². The number of hydrogen-bond donors (Lipinski definition) is 2. The van der Waals surface area contributed by atoms with Gasteiger partial charge in [-0.05, 0) is 32.3 Å². The van der Waals surface area contributed by atoms with Crippen LogP contribution in [-0.4, -0.2) is 33.7 Å². The molecule has 9 heteroatoms. The van der Waals surface area contributed by atoms with Crippen molar-refractivity contribution >= 4 is 15.8 Å². The molecule has 1 atom stereocenters. The number of aromatic nitrogens is 4. The van der Waals surface area contributed by atoms with Crippen molar-refractivity contribution in [3.63, 3.8) is 0 Å². The van der Waals surface area contributed by atoms with E-state index in [4.69, 9.17) is 0 Å². The number of H-pyrrole nitrogens is 1. The molecule has 0 radical (unpaired) electrons. The third-order valence-corrected chi connectivity index (χ3v) is 6.53. The topological polar surface area (TPSA) is 110 Å². The normalized spacial score (nSPS) is 12.7. The maximum absolute atomic E-state index is 13.0. The molecule has 2 heterocycles. The maximum atomic E-state index is 13.0. The largest absolute Gasteiger partial charge is 0.341 e. The summed E-state index contributed by atoms with van der Waals surface area (Å²) in [6, 6.07) is 9.22. The SMILES string of the molecule is CC(=O)CCCCC[C@H](NS(=O)(=O)c1cn(C)c(C)n1)c1ncc(-c2ccccc2)[nH]1. The fraction of sp³-hybridized carbons (Fsp3) is 0.409. The minimum atomic E-state index is -3.82. The van der Waals surface area contributed by atoms with E-state index in [0.717, 1.165) is 30.5 Å². The number of Topliss-reactive ketones (excluding diaryl/α,β-unsaturated/α-hetero) is 1. The minimum Gasteiger partial charge on any atom is -0.341 e. The number of imidazole rings is 2. The zero-order valence-electron chi connectivity index (χ0n) is 18.1. The van der Waals surface area contributed by atoms with E-state index in [1.54, 1.807) is 31.7 Å². The van der Waals surface area contributed by atoms with Gasteiger partial charge in [0.1, 0.15) is 17.4 Å². The van der Waals surface area contributed by atoms with Crippen molar-refractivity contribution in [2.45, 2.75) is 57.0 Å². The van der Waals surface area contributed by atoms with Crippen LogP contribution in [0.3, 0.4) is 0 Å². The third-order valence-electron chi connectivity index (χ3n) is 5.19. The molecule has 0 amide bonds. The molecular weight excluding hydrogens is 414 g/mol. The van der Waals surface area contributed by atoms with Crippen molar-refractivity contribution in [1.29, 1.82) is 0 Å². The van der Waals surface area contributed by atoms with Crippen molar-refractivity contribution in [3.8, 4) is 11.3 Å². The highest BCUT2D eigenvalue weighted by molar-refractivity contribution is 7.89. The van der Waals surface area contributed by atoms with E-state index in [1.807, 2.05) is 30.3 Å². The summed E-state index contributed by atoms with van der Waals surface area (Å²) in [5, 5.41) is -0.0103. The molecule has 166 valence electrons. The molecule has 0 saturated carbocycles. The van der Waals surface area contributed by atoms with Crippen LogP contribution >= 0.6 is 0 Å². The Morgan fingerprint density at radius 1 is 1.19 bits per heavy atom. The number of sulfonamides is 1. The number of nitrogens with zero attached hydrogens (tertiary/aromatic N) is 3. The Kier molecular flexibility index (Phi) is 7.40. The van der Waals surface area contributed by atoms with Gasteiger partial charge in [0.2, 0.25) is 0 Å². The number of benzene rings is 1. The van der Waals surface area contributed by atoms with E-state index in [1.165, 1.54) is 6.20 Å². The molecule has 0 fully saturated rings. The highest BCUT2D eigenvalue weighted by Crippen LogP contribution is 2.24. The smallest absolute Gasteiger partial charge is 0.260 e. The lowest BCUT2D eigenvalue weighted by atomic mass is 10.1. The Bertz CT molecular complexity index is 1100. The molecule has 0 saturated heterocycles.